The summed E-state index contributed by atoms with van der Waals surface area (Å²) in [6, 6.07) is 2.03. The van der Waals surface area contributed by atoms with Gasteiger partial charge in [0.05, 0.1) is 29.9 Å². The van der Waals surface area contributed by atoms with E-state index < -0.39 is 0 Å². The summed E-state index contributed by atoms with van der Waals surface area (Å²) in [5, 5.41) is 15.8. The number of carbonyl (C=O) groups excluding carboxylic acids is 1. The van der Waals surface area contributed by atoms with Crippen molar-refractivity contribution < 1.29 is 4.79 Å². The predicted molar refractivity (Wildman–Crippen MR) is 66.9 cm³/mol. The van der Waals surface area contributed by atoms with Crippen LogP contribution in [0.25, 0.3) is 0 Å². The number of carbonyl (C=O) groups is 1. The van der Waals surface area contributed by atoms with Crippen molar-refractivity contribution in [3.05, 3.63) is 17.5 Å². The van der Waals surface area contributed by atoms with Crippen LogP contribution in [-0.2, 0) is 13.0 Å². The lowest BCUT2D eigenvalue weighted by molar-refractivity contribution is 0.0935. The Kier molecular flexibility index (Phi) is 3.98. The molecule has 1 atom stereocenters. The quantitative estimate of drug-likeness (QED) is 0.878. The molecule has 0 fully saturated rings. The molecule has 1 aromatic rings. The van der Waals surface area contributed by atoms with E-state index in [1.807, 2.05) is 11.6 Å². The fourth-order valence-corrected chi connectivity index (χ4v) is 2.28. The summed E-state index contributed by atoms with van der Waals surface area (Å²) in [4.78, 5) is 12.1. The van der Waals surface area contributed by atoms with Crippen LogP contribution in [0, 0.1) is 11.3 Å². The smallest absolute Gasteiger partial charge is 0.255 e. The molecule has 2 heterocycles. The number of hydrogen-bond donors (Lipinski definition) is 1. The van der Waals surface area contributed by atoms with Crippen molar-refractivity contribution in [2.75, 3.05) is 0 Å². The molecule has 1 amide bonds. The zero-order valence-corrected chi connectivity index (χ0v) is 10.6. The van der Waals surface area contributed by atoms with Crippen LogP contribution >= 0.6 is 0 Å². The molecule has 96 valence electrons. The monoisotopic (exact) mass is 246 g/mol. The van der Waals surface area contributed by atoms with E-state index in [9.17, 15) is 4.79 Å². The van der Waals surface area contributed by atoms with Gasteiger partial charge in [0, 0.05) is 12.6 Å². The van der Waals surface area contributed by atoms with E-state index in [0.717, 1.165) is 37.9 Å². The maximum Gasteiger partial charge on any atom is 0.255 e. The second-order valence-electron chi connectivity index (χ2n) is 4.63. The Morgan fingerprint density at radius 1 is 1.67 bits per heavy atom. The summed E-state index contributed by atoms with van der Waals surface area (Å²) >= 11 is 0. The second kappa shape index (κ2) is 5.67. The van der Waals surface area contributed by atoms with E-state index in [1.165, 1.54) is 0 Å². The summed E-state index contributed by atoms with van der Waals surface area (Å²) in [7, 11) is 0. The summed E-state index contributed by atoms with van der Waals surface area (Å²) in [5.41, 5.74) is 1.71. The number of amides is 1. The first kappa shape index (κ1) is 12.6. The van der Waals surface area contributed by atoms with Gasteiger partial charge in [-0.1, -0.05) is 6.92 Å². The van der Waals surface area contributed by atoms with Crippen LogP contribution in [0.5, 0.6) is 0 Å². The van der Waals surface area contributed by atoms with Crippen LogP contribution in [0.2, 0.25) is 0 Å². The molecule has 1 N–H and O–H groups in total. The topological polar surface area (TPSA) is 70.7 Å². The van der Waals surface area contributed by atoms with Gasteiger partial charge in [0.15, 0.2) is 0 Å². The van der Waals surface area contributed by atoms with Gasteiger partial charge < -0.3 is 5.32 Å². The Morgan fingerprint density at radius 2 is 2.50 bits per heavy atom. The van der Waals surface area contributed by atoms with Crippen LogP contribution in [0.3, 0.4) is 0 Å². The van der Waals surface area contributed by atoms with Gasteiger partial charge in [-0.25, -0.2) is 0 Å². The van der Waals surface area contributed by atoms with Crippen LogP contribution in [0.15, 0.2) is 6.20 Å². The molecule has 1 aromatic heterocycles. The standard InChI is InChI=1S/C13H18N4O/c1-2-10(6-7-14)16-13(18)11-9-15-17-8-4-3-5-12(11)17/h9-10H,2-6,8H2,1H3,(H,16,18). The summed E-state index contributed by atoms with van der Waals surface area (Å²) in [6.07, 6.45) is 5.92. The third kappa shape index (κ3) is 2.53. The predicted octanol–water partition coefficient (Wildman–Crippen LogP) is 1.64. The van der Waals surface area contributed by atoms with Crippen molar-refractivity contribution >= 4 is 5.91 Å². The van der Waals surface area contributed by atoms with Gasteiger partial charge in [-0.2, -0.15) is 10.4 Å². The molecule has 1 aliphatic heterocycles. The Bertz CT molecular complexity index is 472. The van der Waals surface area contributed by atoms with Crippen molar-refractivity contribution in [1.82, 2.24) is 15.1 Å². The Hall–Kier alpha value is -1.83. The molecule has 0 radical (unpaired) electrons. The number of nitrogens with zero attached hydrogens (tertiary/aromatic N) is 3. The first-order valence-electron chi connectivity index (χ1n) is 6.48. The van der Waals surface area contributed by atoms with Gasteiger partial charge in [-0.3, -0.25) is 9.48 Å². The number of aryl methyl sites for hydroxylation is 1. The minimum absolute atomic E-state index is 0.0679. The number of nitrogens with one attached hydrogen (secondary N) is 1. The number of aromatic nitrogens is 2. The minimum Gasteiger partial charge on any atom is -0.348 e. The molecule has 1 unspecified atom stereocenters. The average Bonchev–Trinajstić information content (AvgIpc) is 2.82. The van der Waals surface area contributed by atoms with E-state index in [1.54, 1.807) is 6.20 Å². The maximum absolute atomic E-state index is 12.1. The molecule has 0 bridgehead atoms. The number of rotatable bonds is 4. The lowest BCUT2D eigenvalue weighted by atomic mass is 10.1. The number of hydrogen-bond acceptors (Lipinski definition) is 3. The lowest BCUT2D eigenvalue weighted by Gasteiger charge is -2.16. The van der Waals surface area contributed by atoms with Crippen LogP contribution < -0.4 is 5.32 Å². The van der Waals surface area contributed by atoms with E-state index in [4.69, 9.17) is 5.26 Å². The fourth-order valence-electron chi connectivity index (χ4n) is 2.28. The van der Waals surface area contributed by atoms with Gasteiger partial charge in [0.1, 0.15) is 0 Å². The summed E-state index contributed by atoms with van der Waals surface area (Å²) in [6.45, 7) is 2.87. The lowest BCUT2D eigenvalue weighted by Crippen LogP contribution is -2.34. The highest BCUT2D eigenvalue weighted by molar-refractivity contribution is 5.95. The van der Waals surface area contributed by atoms with Gasteiger partial charge in [0.2, 0.25) is 0 Å². The summed E-state index contributed by atoms with van der Waals surface area (Å²) in [5.74, 6) is -0.0970. The third-order valence-electron chi connectivity index (χ3n) is 3.39. The zero-order chi connectivity index (χ0) is 13.0. The molecule has 1 aliphatic rings. The second-order valence-corrected chi connectivity index (χ2v) is 4.63. The molecular weight excluding hydrogens is 228 g/mol. The van der Waals surface area contributed by atoms with E-state index >= 15 is 0 Å². The van der Waals surface area contributed by atoms with E-state index in [-0.39, 0.29) is 11.9 Å². The molecule has 0 aliphatic carbocycles. The van der Waals surface area contributed by atoms with E-state index in [2.05, 4.69) is 16.5 Å². The maximum atomic E-state index is 12.1. The molecule has 0 spiro atoms. The van der Waals surface area contributed by atoms with Gasteiger partial charge in [0.25, 0.3) is 5.91 Å². The molecular formula is C13H18N4O. The minimum atomic E-state index is -0.0970. The number of fused-ring (bicyclic) bond motifs is 1. The van der Waals surface area contributed by atoms with Gasteiger partial charge in [-0.15, -0.1) is 0 Å². The molecule has 18 heavy (non-hydrogen) atoms. The van der Waals surface area contributed by atoms with Gasteiger partial charge >= 0.3 is 0 Å². The van der Waals surface area contributed by atoms with Crippen molar-refractivity contribution in [3.63, 3.8) is 0 Å². The van der Waals surface area contributed by atoms with Crippen molar-refractivity contribution in [1.29, 1.82) is 5.26 Å². The van der Waals surface area contributed by atoms with Crippen LogP contribution in [0.1, 0.15) is 48.7 Å². The molecule has 0 saturated heterocycles. The Balaban J connectivity index is 2.09. The highest BCUT2D eigenvalue weighted by atomic mass is 16.1. The van der Waals surface area contributed by atoms with Crippen molar-refractivity contribution in [2.45, 2.75) is 51.6 Å². The first-order valence-corrected chi connectivity index (χ1v) is 6.48. The third-order valence-corrected chi connectivity index (χ3v) is 3.39. The van der Waals surface area contributed by atoms with Crippen molar-refractivity contribution in [3.8, 4) is 6.07 Å². The molecule has 5 nitrogen and oxygen atoms in total. The molecule has 5 heteroatoms. The van der Waals surface area contributed by atoms with Crippen LogP contribution in [0.4, 0.5) is 0 Å². The van der Waals surface area contributed by atoms with Gasteiger partial charge in [-0.05, 0) is 25.7 Å². The highest BCUT2D eigenvalue weighted by Crippen LogP contribution is 2.18. The number of nitriles is 1. The van der Waals surface area contributed by atoms with Crippen molar-refractivity contribution in [2.24, 2.45) is 0 Å². The molecule has 2 rings (SSSR count). The zero-order valence-electron chi connectivity index (χ0n) is 10.6. The Labute approximate surface area is 107 Å². The van der Waals surface area contributed by atoms with Crippen LogP contribution in [-0.4, -0.2) is 21.7 Å². The largest absolute Gasteiger partial charge is 0.348 e. The fraction of sp³-hybridized carbons (Fsp3) is 0.615. The first-order chi connectivity index (χ1) is 8.76. The highest BCUT2D eigenvalue weighted by Gasteiger charge is 2.21. The average molecular weight is 246 g/mol. The molecule has 0 aromatic carbocycles. The Morgan fingerprint density at radius 3 is 3.22 bits per heavy atom. The summed E-state index contributed by atoms with van der Waals surface area (Å²) < 4.78 is 1.92. The normalized spacial score (nSPS) is 15.6. The molecule has 0 saturated carbocycles. The van der Waals surface area contributed by atoms with E-state index in [0.29, 0.717) is 12.0 Å². The SMILES string of the molecule is CCC(CC#N)NC(=O)c1cnn2c1CCCC2.